The molecule has 28 heavy (non-hydrogen) atoms. The summed E-state index contributed by atoms with van der Waals surface area (Å²) >= 11 is 4.98. The zero-order chi connectivity index (χ0) is 19.5. The molecule has 5 nitrogen and oxygen atoms in total. The second-order valence-electron chi connectivity index (χ2n) is 6.72. The highest BCUT2D eigenvalue weighted by Gasteiger charge is 2.29. The molecule has 2 N–H and O–H groups in total. The van der Waals surface area contributed by atoms with Crippen LogP contribution in [0.5, 0.6) is 0 Å². The minimum Gasteiger partial charge on any atom is -0.326 e. The van der Waals surface area contributed by atoms with Gasteiger partial charge >= 0.3 is 0 Å². The zero-order valence-corrected chi connectivity index (χ0v) is 17.3. The predicted molar refractivity (Wildman–Crippen MR) is 115 cm³/mol. The highest BCUT2D eigenvalue weighted by molar-refractivity contribution is 9.10. The number of thiazole rings is 1. The van der Waals surface area contributed by atoms with E-state index in [0.29, 0.717) is 5.69 Å². The third-order valence-corrected chi connectivity index (χ3v) is 5.78. The molecule has 1 aliphatic rings. The maximum Gasteiger partial charge on any atom is 0.230 e. The molecule has 0 atom stereocenters. The van der Waals surface area contributed by atoms with Crippen molar-refractivity contribution in [1.29, 1.82) is 0 Å². The molecule has 0 saturated heterocycles. The van der Waals surface area contributed by atoms with Crippen LogP contribution in [0.1, 0.15) is 18.5 Å². The van der Waals surface area contributed by atoms with Crippen molar-refractivity contribution < 1.29 is 9.59 Å². The van der Waals surface area contributed by atoms with Crippen LogP contribution < -0.4 is 10.6 Å². The van der Waals surface area contributed by atoms with Crippen molar-refractivity contribution in [2.24, 2.45) is 5.92 Å². The third-order valence-electron chi connectivity index (χ3n) is 4.35. The second-order valence-corrected chi connectivity index (χ2v) is 8.49. The number of amides is 2. The summed E-state index contributed by atoms with van der Waals surface area (Å²) in [6, 6.07) is 15.1. The number of benzene rings is 2. The molecule has 2 amide bonds. The van der Waals surface area contributed by atoms with E-state index in [-0.39, 0.29) is 24.2 Å². The first-order chi connectivity index (χ1) is 13.6. The van der Waals surface area contributed by atoms with Crippen LogP contribution in [0.3, 0.4) is 0 Å². The van der Waals surface area contributed by atoms with Gasteiger partial charge in [0.25, 0.3) is 0 Å². The number of hydrogen-bond acceptors (Lipinski definition) is 4. The third kappa shape index (κ3) is 4.85. The molecule has 0 spiro atoms. The molecule has 0 aliphatic heterocycles. The van der Waals surface area contributed by atoms with E-state index >= 15 is 0 Å². The number of carbonyl (C=O) groups is 2. The van der Waals surface area contributed by atoms with E-state index in [2.05, 4.69) is 31.5 Å². The summed E-state index contributed by atoms with van der Waals surface area (Å²) < 4.78 is 0.997. The first kappa shape index (κ1) is 18.8. The van der Waals surface area contributed by atoms with Gasteiger partial charge in [-0.3, -0.25) is 9.59 Å². The average molecular weight is 456 g/mol. The van der Waals surface area contributed by atoms with Gasteiger partial charge in [0.15, 0.2) is 0 Å². The Morgan fingerprint density at radius 1 is 1.07 bits per heavy atom. The Kier molecular flexibility index (Phi) is 5.54. The Hall–Kier alpha value is -2.51. The normalized spacial score (nSPS) is 13.2. The van der Waals surface area contributed by atoms with Crippen LogP contribution in [-0.4, -0.2) is 16.8 Å². The monoisotopic (exact) mass is 455 g/mol. The molecular formula is C21H18BrN3O2S. The highest BCUT2D eigenvalue weighted by Crippen LogP contribution is 2.30. The van der Waals surface area contributed by atoms with E-state index in [1.165, 1.54) is 11.3 Å². The van der Waals surface area contributed by atoms with E-state index in [1.54, 1.807) is 24.3 Å². The van der Waals surface area contributed by atoms with Crippen molar-refractivity contribution in [2.75, 3.05) is 10.6 Å². The minimum atomic E-state index is -0.124. The second kappa shape index (κ2) is 8.24. The van der Waals surface area contributed by atoms with Crippen LogP contribution in [0, 0.1) is 5.92 Å². The van der Waals surface area contributed by atoms with Crippen LogP contribution in [0.2, 0.25) is 0 Å². The lowest BCUT2D eigenvalue weighted by Crippen LogP contribution is -2.15. The fourth-order valence-electron chi connectivity index (χ4n) is 2.74. The molecule has 1 heterocycles. The molecule has 1 aliphatic carbocycles. The highest BCUT2D eigenvalue weighted by atomic mass is 79.9. The maximum atomic E-state index is 12.3. The smallest absolute Gasteiger partial charge is 0.230 e. The van der Waals surface area contributed by atoms with E-state index in [9.17, 15) is 9.59 Å². The summed E-state index contributed by atoms with van der Waals surface area (Å²) in [5.74, 6) is 0.113. The summed E-state index contributed by atoms with van der Waals surface area (Å²) in [6.07, 6.45) is 2.16. The zero-order valence-electron chi connectivity index (χ0n) is 14.9. The van der Waals surface area contributed by atoms with Gasteiger partial charge in [-0.1, -0.05) is 28.1 Å². The molecule has 0 unspecified atom stereocenters. The van der Waals surface area contributed by atoms with Crippen LogP contribution >= 0.6 is 27.3 Å². The molecule has 4 rings (SSSR count). The van der Waals surface area contributed by atoms with Crippen LogP contribution in [0.25, 0.3) is 10.6 Å². The summed E-state index contributed by atoms with van der Waals surface area (Å²) in [5, 5.41) is 8.55. The molecule has 2 aromatic carbocycles. The number of aromatic nitrogens is 1. The van der Waals surface area contributed by atoms with E-state index < -0.39 is 0 Å². The van der Waals surface area contributed by atoms with E-state index in [1.807, 2.05) is 29.6 Å². The number of anilines is 2. The van der Waals surface area contributed by atoms with Gasteiger partial charge in [0, 0.05) is 32.7 Å². The van der Waals surface area contributed by atoms with Gasteiger partial charge in [-0.15, -0.1) is 11.3 Å². The van der Waals surface area contributed by atoms with Crippen molar-refractivity contribution in [2.45, 2.75) is 19.3 Å². The first-order valence-corrected chi connectivity index (χ1v) is 10.7. The van der Waals surface area contributed by atoms with Gasteiger partial charge in [0.2, 0.25) is 11.8 Å². The topological polar surface area (TPSA) is 71.1 Å². The minimum absolute atomic E-state index is 0.0709. The number of rotatable bonds is 6. The molecule has 7 heteroatoms. The molecular weight excluding hydrogens is 438 g/mol. The van der Waals surface area contributed by atoms with Crippen LogP contribution in [0.4, 0.5) is 11.4 Å². The Balaban J connectivity index is 1.33. The first-order valence-electron chi connectivity index (χ1n) is 8.98. The summed E-state index contributed by atoms with van der Waals surface area (Å²) in [5.41, 5.74) is 3.20. The Morgan fingerprint density at radius 2 is 1.79 bits per heavy atom. The summed E-state index contributed by atoms with van der Waals surface area (Å²) in [7, 11) is 0. The lowest BCUT2D eigenvalue weighted by atomic mass is 10.2. The standard InChI is InChI=1S/C21H18BrN3O2S/c22-15-3-1-2-14(10-15)21-25-18(12-28-21)11-19(26)23-16-6-8-17(9-7-16)24-20(27)13-4-5-13/h1-3,6-10,12-13H,4-5,11H2,(H,23,26)(H,24,27). The van der Waals surface area contributed by atoms with Gasteiger partial charge in [0.1, 0.15) is 5.01 Å². The lowest BCUT2D eigenvalue weighted by Gasteiger charge is -2.07. The fraction of sp³-hybridized carbons (Fsp3) is 0.190. The van der Waals surface area contributed by atoms with Crippen molar-refractivity contribution in [3.05, 3.63) is 64.1 Å². The van der Waals surface area contributed by atoms with Crippen molar-refractivity contribution >= 4 is 50.5 Å². The van der Waals surface area contributed by atoms with E-state index in [0.717, 1.165) is 39.3 Å². The van der Waals surface area contributed by atoms with Gasteiger partial charge < -0.3 is 10.6 Å². The lowest BCUT2D eigenvalue weighted by molar-refractivity contribution is -0.117. The van der Waals surface area contributed by atoms with Crippen LogP contribution in [-0.2, 0) is 16.0 Å². The molecule has 3 aromatic rings. The maximum absolute atomic E-state index is 12.3. The quantitative estimate of drug-likeness (QED) is 0.542. The molecule has 0 bridgehead atoms. The van der Waals surface area contributed by atoms with Crippen molar-refractivity contribution in [3.8, 4) is 10.6 Å². The van der Waals surface area contributed by atoms with Gasteiger partial charge in [-0.05, 0) is 49.2 Å². The molecule has 0 radical (unpaired) electrons. The largest absolute Gasteiger partial charge is 0.326 e. The van der Waals surface area contributed by atoms with Crippen LogP contribution in [0.15, 0.2) is 58.4 Å². The number of nitrogens with zero attached hydrogens (tertiary/aromatic N) is 1. The van der Waals surface area contributed by atoms with Gasteiger partial charge in [0.05, 0.1) is 12.1 Å². The Morgan fingerprint density at radius 3 is 2.46 bits per heavy atom. The Bertz CT molecular complexity index is 1010. The SMILES string of the molecule is O=C(Cc1csc(-c2cccc(Br)c2)n1)Nc1ccc(NC(=O)C2CC2)cc1. The van der Waals surface area contributed by atoms with Crippen molar-refractivity contribution in [3.63, 3.8) is 0 Å². The summed E-state index contributed by atoms with van der Waals surface area (Å²) in [4.78, 5) is 28.7. The Labute approximate surface area is 175 Å². The number of hydrogen-bond donors (Lipinski definition) is 2. The fourth-order valence-corrected chi connectivity index (χ4v) is 3.95. The molecule has 1 saturated carbocycles. The van der Waals surface area contributed by atoms with Gasteiger partial charge in [-0.25, -0.2) is 4.98 Å². The molecule has 1 fully saturated rings. The van der Waals surface area contributed by atoms with Gasteiger partial charge in [-0.2, -0.15) is 0 Å². The molecule has 1 aromatic heterocycles. The molecule has 142 valence electrons. The average Bonchev–Trinajstić information content (AvgIpc) is 3.43. The van der Waals surface area contributed by atoms with E-state index in [4.69, 9.17) is 0 Å². The predicted octanol–water partition coefficient (Wildman–Crippen LogP) is 5.10. The van der Waals surface area contributed by atoms with Crippen molar-refractivity contribution in [1.82, 2.24) is 4.98 Å². The number of carbonyl (C=O) groups excluding carboxylic acids is 2. The number of nitrogens with one attached hydrogen (secondary N) is 2. The number of halogens is 1. The summed E-state index contributed by atoms with van der Waals surface area (Å²) in [6.45, 7) is 0.